The van der Waals surface area contributed by atoms with Crippen LogP contribution in [-0.4, -0.2) is 30.8 Å². The molecule has 0 radical (unpaired) electrons. The lowest BCUT2D eigenvalue weighted by molar-refractivity contribution is -0.665. The minimum Gasteiger partial charge on any atom is -0.456 e. The molecule has 0 aliphatic carbocycles. The maximum absolute atomic E-state index is 12.7. The lowest BCUT2D eigenvalue weighted by Crippen LogP contribution is -2.86. The van der Waals surface area contributed by atoms with Crippen LogP contribution in [-0.2, 0) is 16.1 Å². The van der Waals surface area contributed by atoms with Crippen molar-refractivity contribution in [1.82, 2.24) is 0 Å². The third kappa shape index (κ3) is 6.18. The summed E-state index contributed by atoms with van der Waals surface area (Å²) in [6.07, 6.45) is 1.56. The molecule has 2 aromatic rings. The number of esters is 1. The summed E-state index contributed by atoms with van der Waals surface area (Å²) in [5.74, 6) is 0.0246. The Bertz CT molecular complexity index is 880. The van der Waals surface area contributed by atoms with Crippen molar-refractivity contribution in [3.05, 3.63) is 63.2 Å². The van der Waals surface area contributed by atoms with Crippen molar-refractivity contribution in [2.45, 2.75) is 38.9 Å². The lowest BCUT2D eigenvalue weighted by Gasteiger charge is -2.35. The summed E-state index contributed by atoms with van der Waals surface area (Å²) in [5, 5.41) is 5.02. The maximum Gasteiger partial charge on any atom is 0.411 e. The normalized spacial score (nSPS) is 14.8. The standard InChI is InChI=1S/C23H27IN2O4/c1-23(2,18-10-12-25-13-11-18)30-21(27)17-8-9-20(19(24)14-17)26-22(28)29-15-16-6-4-3-5-7-16/h3-9,14,18,25H,10-13,15H2,1-2H3,(H,26,28)/p+1. The molecule has 0 unspecified atom stereocenters. The van der Waals surface area contributed by atoms with Crippen LogP contribution in [0.15, 0.2) is 48.5 Å². The van der Waals surface area contributed by atoms with Crippen LogP contribution in [0.25, 0.3) is 0 Å². The van der Waals surface area contributed by atoms with E-state index in [1.807, 2.05) is 44.2 Å². The summed E-state index contributed by atoms with van der Waals surface area (Å²) in [6.45, 7) is 6.32. The molecule has 0 bridgehead atoms. The summed E-state index contributed by atoms with van der Waals surface area (Å²) >= 11 is 2.09. The third-order valence-electron chi connectivity index (χ3n) is 5.43. The molecule has 0 atom stereocenters. The van der Waals surface area contributed by atoms with Crippen molar-refractivity contribution in [3.8, 4) is 0 Å². The Morgan fingerprint density at radius 3 is 2.50 bits per heavy atom. The number of carbonyl (C=O) groups is 2. The highest BCUT2D eigenvalue weighted by Gasteiger charge is 2.35. The van der Waals surface area contributed by atoms with Crippen LogP contribution in [0.4, 0.5) is 10.5 Å². The van der Waals surface area contributed by atoms with Crippen LogP contribution in [0.3, 0.4) is 0 Å². The van der Waals surface area contributed by atoms with Gasteiger partial charge in [0.1, 0.15) is 12.2 Å². The molecule has 1 aliphatic heterocycles. The van der Waals surface area contributed by atoms with Crippen LogP contribution >= 0.6 is 22.6 Å². The molecule has 0 spiro atoms. The molecule has 30 heavy (non-hydrogen) atoms. The Labute approximate surface area is 190 Å². The van der Waals surface area contributed by atoms with Gasteiger partial charge in [0, 0.05) is 22.3 Å². The number of carbonyl (C=O) groups excluding carboxylic acids is 2. The second-order valence-electron chi connectivity index (χ2n) is 8.01. The van der Waals surface area contributed by atoms with Crippen LogP contribution in [0, 0.1) is 9.49 Å². The highest BCUT2D eigenvalue weighted by molar-refractivity contribution is 14.1. The van der Waals surface area contributed by atoms with Gasteiger partial charge < -0.3 is 14.8 Å². The van der Waals surface area contributed by atoms with Gasteiger partial charge in [0.05, 0.1) is 24.3 Å². The van der Waals surface area contributed by atoms with Gasteiger partial charge in [-0.15, -0.1) is 0 Å². The number of amides is 1. The number of hydrogen-bond donors (Lipinski definition) is 2. The van der Waals surface area contributed by atoms with Gasteiger partial charge in [-0.1, -0.05) is 30.3 Å². The van der Waals surface area contributed by atoms with Crippen LogP contribution in [0.1, 0.15) is 42.6 Å². The molecule has 7 heteroatoms. The van der Waals surface area contributed by atoms with Gasteiger partial charge in [0.15, 0.2) is 0 Å². The van der Waals surface area contributed by atoms with Gasteiger partial charge in [0.2, 0.25) is 0 Å². The summed E-state index contributed by atoms with van der Waals surface area (Å²) in [5.41, 5.74) is 1.47. The summed E-state index contributed by atoms with van der Waals surface area (Å²) in [4.78, 5) is 24.8. The van der Waals surface area contributed by atoms with Gasteiger partial charge >= 0.3 is 12.1 Å². The largest absolute Gasteiger partial charge is 0.456 e. The van der Waals surface area contributed by atoms with E-state index < -0.39 is 11.7 Å². The SMILES string of the molecule is CC(C)(OC(=O)c1ccc(NC(=O)OCc2ccccc2)c(I)c1)C1CC[NH2+]CC1. The van der Waals surface area contributed by atoms with Gasteiger partial charge in [-0.3, -0.25) is 5.32 Å². The number of benzene rings is 2. The molecular formula is C23H28IN2O4+. The number of quaternary nitrogens is 1. The minimum absolute atomic E-state index is 0.196. The molecule has 0 aromatic heterocycles. The smallest absolute Gasteiger partial charge is 0.411 e. The maximum atomic E-state index is 12.7. The third-order valence-corrected chi connectivity index (χ3v) is 6.32. The summed E-state index contributed by atoms with van der Waals surface area (Å²) in [6, 6.07) is 14.6. The highest BCUT2D eigenvalue weighted by Crippen LogP contribution is 2.29. The van der Waals surface area contributed by atoms with Gasteiger partial charge in [-0.05, 0) is 60.2 Å². The van der Waals surface area contributed by atoms with E-state index in [-0.39, 0.29) is 12.6 Å². The lowest BCUT2D eigenvalue weighted by atomic mass is 9.83. The number of piperidine rings is 1. The van der Waals surface area contributed by atoms with Crippen molar-refractivity contribution >= 4 is 40.3 Å². The molecule has 3 rings (SSSR count). The Balaban J connectivity index is 1.57. The Morgan fingerprint density at radius 1 is 1.13 bits per heavy atom. The van der Waals surface area contributed by atoms with Crippen molar-refractivity contribution in [1.29, 1.82) is 0 Å². The van der Waals surface area contributed by atoms with Crippen molar-refractivity contribution < 1.29 is 24.4 Å². The average molecular weight is 523 g/mol. The number of ether oxygens (including phenoxy) is 2. The van der Waals surface area contributed by atoms with Crippen molar-refractivity contribution in [2.24, 2.45) is 5.92 Å². The number of nitrogens with one attached hydrogen (secondary N) is 1. The van der Waals surface area contributed by atoms with Crippen LogP contribution in [0.5, 0.6) is 0 Å². The van der Waals surface area contributed by atoms with Crippen LogP contribution in [0.2, 0.25) is 0 Å². The van der Waals surface area contributed by atoms with Crippen LogP contribution < -0.4 is 10.6 Å². The molecule has 160 valence electrons. The van der Waals surface area contributed by atoms with Gasteiger partial charge in [0.25, 0.3) is 0 Å². The number of nitrogens with two attached hydrogens (primary N) is 1. The van der Waals surface area contributed by atoms with Crippen molar-refractivity contribution in [2.75, 3.05) is 18.4 Å². The monoisotopic (exact) mass is 523 g/mol. The van der Waals surface area contributed by atoms with E-state index in [4.69, 9.17) is 9.47 Å². The van der Waals surface area contributed by atoms with E-state index in [1.54, 1.807) is 18.2 Å². The fraction of sp³-hybridized carbons (Fsp3) is 0.391. The fourth-order valence-corrected chi connectivity index (χ4v) is 4.27. The first-order valence-electron chi connectivity index (χ1n) is 10.2. The summed E-state index contributed by atoms with van der Waals surface area (Å²) in [7, 11) is 0. The zero-order valence-electron chi connectivity index (χ0n) is 17.3. The Kier molecular flexibility index (Phi) is 7.71. The second kappa shape index (κ2) is 10.3. The summed E-state index contributed by atoms with van der Waals surface area (Å²) < 4.78 is 11.8. The zero-order valence-corrected chi connectivity index (χ0v) is 19.5. The fourth-order valence-electron chi connectivity index (χ4n) is 3.62. The minimum atomic E-state index is -0.540. The highest BCUT2D eigenvalue weighted by atomic mass is 127. The molecule has 1 amide bonds. The molecule has 1 aliphatic rings. The molecule has 6 nitrogen and oxygen atoms in total. The predicted molar refractivity (Wildman–Crippen MR) is 123 cm³/mol. The first-order valence-corrected chi connectivity index (χ1v) is 11.3. The molecular weight excluding hydrogens is 495 g/mol. The van der Waals surface area contributed by atoms with Crippen molar-refractivity contribution in [3.63, 3.8) is 0 Å². The molecule has 1 saturated heterocycles. The number of anilines is 1. The number of hydrogen-bond acceptors (Lipinski definition) is 4. The van der Waals surface area contributed by atoms with E-state index in [1.165, 1.54) is 0 Å². The second-order valence-corrected chi connectivity index (χ2v) is 9.18. The molecule has 3 N–H and O–H groups in total. The van der Waals surface area contributed by atoms with Gasteiger partial charge in [-0.2, -0.15) is 0 Å². The van der Waals surface area contributed by atoms with E-state index in [9.17, 15) is 9.59 Å². The van der Waals surface area contributed by atoms with E-state index >= 15 is 0 Å². The molecule has 1 fully saturated rings. The number of rotatable bonds is 6. The average Bonchev–Trinajstić information content (AvgIpc) is 2.75. The first kappa shape index (κ1) is 22.6. The Morgan fingerprint density at radius 2 is 1.83 bits per heavy atom. The van der Waals surface area contributed by atoms with E-state index in [2.05, 4.69) is 33.2 Å². The predicted octanol–water partition coefficient (Wildman–Crippen LogP) is 3.95. The number of halogens is 1. The molecule has 1 heterocycles. The quantitative estimate of drug-likeness (QED) is 0.444. The van der Waals surface area contributed by atoms with E-state index in [0.717, 1.165) is 35.1 Å². The molecule has 2 aromatic carbocycles. The zero-order chi connectivity index (χ0) is 21.6. The topological polar surface area (TPSA) is 81.2 Å². The van der Waals surface area contributed by atoms with Gasteiger partial charge in [-0.25, -0.2) is 9.59 Å². The first-order chi connectivity index (χ1) is 14.3. The van der Waals surface area contributed by atoms with E-state index in [0.29, 0.717) is 17.2 Å². The Hall–Kier alpha value is -2.13. The molecule has 0 saturated carbocycles.